The molecule has 0 saturated heterocycles. The molecule has 1 nitrogen and oxygen atoms in total. The standard InChI is InChI=1S/C18H16FN.C2H6/c19-15-8-7-13-18(14-15)20(16-9-3-1-4-10-16)17-11-5-2-6-12-17;1-2/h1-5,7-11,13-14H,6,12H2;1-2H3. The first-order chi connectivity index (χ1) is 10.8. The molecule has 0 aromatic heterocycles. The normalized spacial score (nSPS) is 13.0. The summed E-state index contributed by atoms with van der Waals surface area (Å²) in [6, 6.07) is 16.8. The summed E-state index contributed by atoms with van der Waals surface area (Å²) in [5.41, 5.74) is 3.10. The van der Waals surface area contributed by atoms with Crippen molar-refractivity contribution in [2.45, 2.75) is 26.7 Å². The number of benzene rings is 2. The van der Waals surface area contributed by atoms with Gasteiger partial charge in [0.25, 0.3) is 0 Å². The molecule has 0 heterocycles. The van der Waals surface area contributed by atoms with Crippen LogP contribution in [0, 0.1) is 5.82 Å². The van der Waals surface area contributed by atoms with Crippen LogP contribution in [-0.2, 0) is 0 Å². The van der Waals surface area contributed by atoms with Gasteiger partial charge in [-0.25, -0.2) is 4.39 Å². The van der Waals surface area contributed by atoms with Crippen molar-refractivity contribution in [3.05, 3.63) is 84.3 Å². The van der Waals surface area contributed by atoms with Crippen LogP contribution in [0.1, 0.15) is 26.7 Å². The molecule has 0 unspecified atom stereocenters. The average molecular weight is 295 g/mol. The molecule has 114 valence electrons. The largest absolute Gasteiger partial charge is 0.314 e. The van der Waals surface area contributed by atoms with Gasteiger partial charge in [0.15, 0.2) is 0 Å². The molecular formula is C20H22FN. The van der Waals surface area contributed by atoms with E-state index in [-0.39, 0.29) is 5.82 Å². The van der Waals surface area contributed by atoms with Gasteiger partial charge in [0, 0.05) is 17.1 Å². The van der Waals surface area contributed by atoms with Crippen molar-refractivity contribution in [3.8, 4) is 0 Å². The maximum Gasteiger partial charge on any atom is 0.125 e. The summed E-state index contributed by atoms with van der Waals surface area (Å²) in [5.74, 6) is -0.213. The smallest absolute Gasteiger partial charge is 0.125 e. The number of nitrogens with zero attached hydrogens (tertiary/aromatic N) is 1. The van der Waals surface area contributed by atoms with Crippen LogP contribution >= 0.6 is 0 Å². The molecule has 2 aromatic carbocycles. The molecule has 0 N–H and O–H groups in total. The molecule has 3 rings (SSSR count). The van der Waals surface area contributed by atoms with E-state index in [1.807, 2.05) is 50.2 Å². The summed E-state index contributed by atoms with van der Waals surface area (Å²) in [7, 11) is 0. The van der Waals surface area contributed by atoms with Crippen molar-refractivity contribution in [2.24, 2.45) is 0 Å². The van der Waals surface area contributed by atoms with Gasteiger partial charge in [-0.05, 0) is 49.2 Å². The first-order valence-electron chi connectivity index (χ1n) is 7.81. The predicted octanol–water partition coefficient (Wildman–Crippen LogP) is 6.22. The van der Waals surface area contributed by atoms with Gasteiger partial charge in [-0.15, -0.1) is 0 Å². The quantitative estimate of drug-likeness (QED) is 0.649. The number of anilines is 2. The van der Waals surface area contributed by atoms with Crippen LogP contribution in [0.3, 0.4) is 0 Å². The fourth-order valence-corrected chi connectivity index (χ4v) is 2.45. The van der Waals surface area contributed by atoms with Gasteiger partial charge in [-0.3, -0.25) is 0 Å². The zero-order valence-corrected chi connectivity index (χ0v) is 13.2. The molecule has 2 aromatic rings. The van der Waals surface area contributed by atoms with Gasteiger partial charge in [0.2, 0.25) is 0 Å². The summed E-state index contributed by atoms with van der Waals surface area (Å²) in [4.78, 5) is 2.12. The minimum atomic E-state index is -0.213. The molecule has 0 aliphatic heterocycles. The molecule has 0 radical (unpaired) electrons. The van der Waals surface area contributed by atoms with E-state index in [9.17, 15) is 4.39 Å². The van der Waals surface area contributed by atoms with Crippen molar-refractivity contribution in [2.75, 3.05) is 4.90 Å². The highest BCUT2D eigenvalue weighted by Crippen LogP contribution is 2.32. The van der Waals surface area contributed by atoms with Gasteiger partial charge in [0.1, 0.15) is 5.82 Å². The van der Waals surface area contributed by atoms with Gasteiger partial charge in [-0.1, -0.05) is 50.3 Å². The highest BCUT2D eigenvalue weighted by Gasteiger charge is 2.15. The maximum absolute atomic E-state index is 13.6. The molecule has 2 heteroatoms. The van der Waals surface area contributed by atoms with Crippen LogP contribution < -0.4 is 4.90 Å². The van der Waals surface area contributed by atoms with Crippen LogP contribution in [0.4, 0.5) is 15.8 Å². The van der Waals surface area contributed by atoms with E-state index >= 15 is 0 Å². The Kier molecular flexibility index (Phi) is 5.96. The Morgan fingerprint density at radius 3 is 2.27 bits per heavy atom. The summed E-state index contributed by atoms with van der Waals surface area (Å²) in [6.07, 6.45) is 8.29. The third-order valence-electron chi connectivity index (χ3n) is 3.36. The van der Waals surface area contributed by atoms with Crippen molar-refractivity contribution in [1.29, 1.82) is 0 Å². The van der Waals surface area contributed by atoms with Crippen LogP contribution in [0.2, 0.25) is 0 Å². The monoisotopic (exact) mass is 295 g/mol. The van der Waals surface area contributed by atoms with Crippen molar-refractivity contribution >= 4 is 11.4 Å². The second-order valence-electron chi connectivity index (χ2n) is 4.78. The topological polar surface area (TPSA) is 3.24 Å². The fourth-order valence-electron chi connectivity index (χ4n) is 2.45. The van der Waals surface area contributed by atoms with Crippen molar-refractivity contribution in [3.63, 3.8) is 0 Å². The van der Waals surface area contributed by atoms with Gasteiger partial charge >= 0.3 is 0 Å². The lowest BCUT2D eigenvalue weighted by atomic mass is 10.1. The summed E-state index contributed by atoms with van der Waals surface area (Å²) in [6.45, 7) is 4.00. The number of halogens is 1. The Balaban J connectivity index is 0.000000847. The highest BCUT2D eigenvalue weighted by molar-refractivity contribution is 5.68. The van der Waals surface area contributed by atoms with E-state index in [1.165, 1.54) is 11.8 Å². The Morgan fingerprint density at radius 1 is 0.909 bits per heavy atom. The molecular weight excluding hydrogens is 273 g/mol. The van der Waals surface area contributed by atoms with E-state index < -0.39 is 0 Å². The number of allylic oxidation sites excluding steroid dienone is 4. The summed E-state index contributed by atoms with van der Waals surface area (Å²) >= 11 is 0. The molecule has 0 amide bonds. The molecule has 0 bridgehead atoms. The van der Waals surface area contributed by atoms with E-state index in [1.54, 1.807) is 12.1 Å². The minimum absolute atomic E-state index is 0.213. The summed E-state index contributed by atoms with van der Waals surface area (Å²) in [5, 5.41) is 0. The van der Waals surface area contributed by atoms with Gasteiger partial charge < -0.3 is 4.90 Å². The van der Waals surface area contributed by atoms with Gasteiger partial charge in [0.05, 0.1) is 0 Å². The molecule has 0 atom stereocenters. The number of para-hydroxylation sites is 1. The zero-order valence-electron chi connectivity index (χ0n) is 13.2. The van der Waals surface area contributed by atoms with Crippen LogP contribution in [-0.4, -0.2) is 0 Å². The Labute approximate surface area is 132 Å². The number of hydrogen-bond donors (Lipinski definition) is 0. The SMILES string of the molecule is CC.Fc1cccc(N(C2=CC=CCC2)c2ccccc2)c1. The Bertz CT molecular complexity index is 644. The second kappa shape index (κ2) is 8.18. The van der Waals surface area contributed by atoms with Crippen molar-refractivity contribution < 1.29 is 4.39 Å². The van der Waals surface area contributed by atoms with E-state index in [0.29, 0.717) is 0 Å². The fraction of sp³-hybridized carbons (Fsp3) is 0.200. The first-order valence-corrected chi connectivity index (χ1v) is 7.81. The lowest BCUT2D eigenvalue weighted by Gasteiger charge is -2.28. The van der Waals surface area contributed by atoms with E-state index in [4.69, 9.17) is 0 Å². The minimum Gasteiger partial charge on any atom is -0.314 e. The molecule has 0 saturated carbocycles. The molecule has 1 aliphatic carbocycles. The zero-order chi connectivity index (χ0) is 15.8. The lowest BCUT2D eigenvalue weighted by Crippen LogP contribution is -2.17. The van der Waals surface area contributed by atoms with E-state index in [0.717, 1.165) is 24.2 Å². The molecule has 0 fully saturated rings. The molecule has 22 heavy (non-hydrogen) atoms. The van der Waals surface area contributed by atoms with Crippen molar-refractivity contribution in [1.82, 2.24) is 0 Å². The number of rotatable bonds is 3. The Morgan fingerprint density at radius 2 is 1.64 bits per heavy atom. The third kappa shape index (κ3) is 3.85. The lowest BCUT2D eigenvalue weighted by molar-refractivity contribution is 0.628. The van der Waals surface area contributed by atoms with Crippen LogP contribution in [0.5, 0.6) is 0 Å². The van der Waals surface area contributed by atoms with E-state index in [2.05, 4.69) is 23.1 Å². The molecule has 1 aliphatic rings. The number of hydrogen-bond acceptors (Lipinski definition) is 1. The Hall–Kier alpha value is -2.35. The predicted molar refractivity (Wildman–Crippen MR) is 92.8 cm³/mol. The van der Waals surface area contributed by atoms with Gasteiger partial charge in [-0.2, -0.15) is 0 Å². The first kappa shape index (κ1) is 16.0. The molecule has 0 spiro atoms. The average Bonchev–Trinajstić information content (AvgIpc) is 2.59. The van der Waals surface area contributed by atoms with Crippen LogP contribution in [0.15, 0.2) is 78.5 Å². The third-order valence-corrected chi connectivity index (χ3v) is 3.36. The summed E-state index contributed by atoms with van der Waals surface area (Å²) < 4.78 is 13.6. The highest BCUT2D eigenvalue weighted by atomic mass is 19.1. The maximum atomic E-state index is 13.6. The second-order valence-corrected chi connectivity index (χ2v) is 4.78. The van der Waals surface area contributed by atoms with Crippen LogP contribution in [0.25, 0.3) is 0 Å².